The molecule has 1 fully saturated rings. The number of nitrogens with zero attached hydrogens (tertiary/aromatic N) is 1. The van der Waals surface area contributed by atoms with E-state index < -0.39 is 0 Å². The molecule has 0 spiro atoms. The summed E-state index contributed by atoms with van der Waals surface area (Å²) in [6, 6.07) is 5.10. The van der Waals surface area contributed by atoms with Crippen molar-refractivity contribution >= 4 is 5.69 Å². The number of aryl methyl sites for hydroxylation is 1. The summed E-state index contributed by atoms with van der Waals surface area (Å²) in [4.78, 5) is 10.5. The lowest BCUT2D eigenvalue weighted by Crippen LogP contribution is -2.05. The molecule has 1 aromatic carbocycles. The summed E-state index contributed by atoms with van der Waals surface area (Å²) in [7, 11) is 0. The van der Waals surface area contributed by atoms with Gasteiger partial charge in [-0.3, -0.25) is 10.1 Å². The minimum atomic E-state index is -0.338. The number of rotatable bonds is 3. The van der Waals surface area contributed by atoms with Crippen LogP contribution in [-0.2, 0) is 0 Å². The topological polar surface area (TPSA) is 69.2 Å². The van der Waals surface area contributed by atoms with E-state index in [1.165, 1.54) is 0 Å². The Kier molecular flexibility index (Phi) is 2.70. The molecule has 0 aliphatic heterocycles. The second-order valence-electron chi connectivity index (χ2n) is 5.44. The maximum absolute atomic E-state index is 10.8. The maximum Gasteiger partial charge on any atom is 0.269 e. The molecular formula is C13H18N2O2. The van der Waals surface area contributed by atoms with Crippen molar-refractivity contribution < 1.29 is 4.92 Å². The molecule has 92 valence electrons. The van der Waals surface area contributed by atoms with Crippen LogP contribution < -0.4 is 5.73 Å². The normalized spacial score (nSPS) is 25.6. The Morgan fingerprint density at radius 1 is 1.47 bits per heavy atom. The van der Waals surface area contributed by atoms with Crippen LogP contribution in [0.3, 0.4) is 0 Å². The van der Waals surface area contributed by atoms with E-state index in [9.17, 15) is 10.1 Å². The van der Waals surface area contributed by atoms with E-state index in [1.54, 1.807) is 12.1 Å². The number of hydrogen-bond donors (Lipinski definition) is 1. The van der Waals surface area contributed by atoms with Gasteiger partial charge in [-0.2, -0.15) is 0 Å². The van der Waals surface area contributed by atoms with Gasteiger partial charge in [0.05, 0.1) is 4.92 Å². The standard InChI is InChI=1S/C13H18N2O2/c1-8-4-5-9(15(16)17)6-10(8)12-11(7-14)13(12,2)3/h4-6,11-12H,7,14H2,1-3H3. The van der Waals surface area contributed by atoms with Crippen molar-refractivity contribution in [2.24, 2.45) is 17.1 Å². The fourth-order valence-electron chi connectivity index (χ4n) is 2.88. The Morgan fingerprint density at radius 3 is 2.59 bits per heavy atom. The zero-order valence-electron chi connectivity index (χ0n) is 10.4. The van der Waals surface area contributed by atoms with Crippen molar-refractivity contribution in [1.29, 1.82) is 0 Å². The van der Waals surface area contributed by atoms with E-state index >= 15 is 0 Å². The number of nitrogens with two attached hydrogens (primary N) is 1. The first-order valence-electron chi connectivity index (χ1n) is 5.84. The summed E-state index contributed by atoms with van der Waals surface area (Å²) in [5.41, 5.74) is 8.28. The molecule has 1 aliphatic rings. The van der Waals surface area contributed by atoms with Gasteiger partial charge in [-0.25, -0.2) is 0 Å². The molecule has 0 heterocycles. The van der Waals surface area contributed by atoms with Crippen molar-refractivity contribution in [2.75, 3.05) is 6.54 Å². The third-order valence-corrected chi connectivity index (χ3v) is 4.11. The first kappa shape index (κ1) is 12.0. The third kappa shape index (κ3) is 1.82. The highest BCUT2D eigenvalue weighted by molar-refractivity contribution is 5.45. The second kappa shape index (κ2) is 3.81. The van der Waals surface area contributed by atoms with Gasteiger partial charge in [0.1, 0.15) is 0 Å². The van der Waals surface area contributed by atoms with Gasteiger partial charge in [-0.1, -0.05) is 19.9 Å². The molecular weight excluding hydrogens is 216 g/mol. The smallest absolute Gasteiger partial charge is 0.269 e. The van der Waals surface area contributed by atoms with Gasteiger partial charge in [-0.15, -0.1) is 0 Å². The quantitative estimate of drug-likeness (QED) is 0.645. The van der Waals surface area contributed by atoms with Gasteiger partial charge in [0, 0.05) is 12.1 Å². The number of benzene rings is 1. The van der Waals surface area contributed by atoms with E-state index in [0.29, 0.717) is 18.4 Å². The van der Waals surface area contributed by atoms with Gasteiger partial charge >= 0.3 is 0 Å². The number of non-ortho nitro benzene ring substituents is 1. The van der Waals surface area contributed by atoms with Crippen LogP contribution in [0.1, 0.15) is 30.9 Å². The fraction of sp³-hybridized carbons (Fsp3) is 0.538. The molecule has 1 aliphatic carbocycles. The molecule has 0 saturated heterocycles. The van der Waals surface area contributed by atoms with Gasteiger partial charge < -0.3 is 5.73 Å². The van der Waals surface area contributed by atoms with Crippen molar-refractivity contribution in [1.82, 2.24) is 0 Å². The van der Waals surface area contributed by atoms with Crippen LogP contribution in [0.25, 0.3) is 0 Å². The molecule has 0 bridgehead atoms. The zero-order valence-corrected chi connectivity index (χ0v) is 10.4. The monoisotopic (exact) mass is 234 g/mol. The summed E-state index contributed by atoms with van der Waals surface area (Å²) >= 11 is 0. The average molecular weight is 234 g/mol. The second-order valence-corrected chi connectivity index (χ2v) is 5.44. The molecule has 2 atom stereocenters. The molecule has 1 saturated carbocycles. The predicted octanol–water partition coefficient (Wildman–Crippen LogP) is 2.60. The highest BCUT2D eigenvalue weighted by Gasteiger charge is 2.57. The molecule has 1 aromatic rings. The molecule has 4 heteroatoms. The lowest BCUT2D eigenvalue weighted by atomic mass is 9.98. The molecule has 2 N–H and O–H groups in total. The van der Waals surface area contributed by atoms with Gasteiger partial charge in [0.25, 0.3) is 5.69 Å². The summed E-state index contributed by atoms with van der Waals surface area (Å²) in [6.07, 6.45) is 0. The Hall–Kier alpha value is -1.42. The molecule has 17 heavy (non-hydrogen) atoms. The summed E-state index contributed by atoms with van der Waals surface area (Å²) < 4.78 is 0. The third-order valence-electron chi connectivity index (χ3n) is 4.11. The van der Waals surface area contributed by atoms with Gasteiger partial charge in [0.15, 0.2) is 0 Å². The molecule has 2 unspecified atom stereocenters. The van der Waals surface area contributed by atoms with E-state index in [-0.39, 0.29) is 16.0 Å². The van der Waals surface area contributed by atoms with E-state index in [0.717, 1.165) is 11.1 Å². The van der Waals surface area contributed by atoms with Crippen LogP contribution >= 0.6 is 0 Å². The van der Waals surface area contributed by atoms with Crippen LogP contribution in [0, 0.1) is 28.4 Å². The van der Waals surface area contributed by atoms with Crippen molar-refractivity contribution in [3.05, 3.63) is 39.4 Å². The lowest BCUT2D eigenvalue weighted by Gasteiger charge is -2.07. The van der Waals surface area contributed by atoms with Crippen LogP contribution in [0.15, 0.2) is 18.2 Å². The van der Waals surface area contributed by atoms with Gasteiger partial charge in [0.2, 0.25) is 0 Å². The number of nitro benzene ring substituents is 1. The van der Waals surface area contributed by atoms with Crippen LogP contribution in [0.2, 0.25) is 0 Å². The Labute approximate surface area is 101 Å². The Balaban J connectivity index is 2.40. The van der Waals surface area contributed by atoms with Crippen molar-refractivity contribution in [2.45, 2.75) is 26.7 Å². The molecule has 4 nitrogen and oxygen atoms in total. The Morgan fingerprint density at radius 2 is 2.12 bits per heavy atom. The highest BCUT2D eigenvalue weighted by atomic mass is 16.6. The minimum Gasteiger partial charge on any atom is -0.330 e. The SMILES string of the molecule is Cc1ccc([N+](=O)[O-])cc1C1C(CN)C1(C)C. The van der Waals surface area contributed by atoms with Crippen LogP contribution in [0.4, 0.5) is 5.69 Å². The number of nitro groups is 1. The minimum absolute atomic E-state index is 0.161. The fourth-order valence-corrected chi connectivity index (χ4v) is 2.88. The molecule has 0 radical (unpaired) electrons. The summed E-state index contributed by atoms with van der Waals surface area (Å²) in [6.45, 7) is 6.99. The van der Waals surface area contributed by atoms with E-state index in [1.807, 2.05) is 13.0 Å². The highest BCUT2D eigenvalue weighted by Crippen LogP contribution is 2.64. The van der Waals surface area contributed by atoms with Crippen molar-refractivity contribution in [3.8, 4) is 0 Å². The number of hydrogen-bond acceptors (Lipinski definition) is 3. The maximum atomic E-state index is 10.8. The largest absolute Gasteiger partial charge is 0.330 e. The van der Waals surface area contributed by atoms with Crippen molar-refractivity contribution in [3.63, 3.8) is 0 Å². The zero-order chi connectivity index (χ0) is 12.8. The van der Waals surface area contributed by atoms with Crippen LogP contribution in [0.5, 0.6) is 0 Å². The lowest BCUT2D eigenvalue weighted by molar-refractivity contribution is -0.384. The van der Waals surface area contributed by atoms with Crippen LogP contribution in [-0.4, -0.2) is 11.5 Å². The first-order valence-corrected chi connectivity index (χ1v) is 5.84. The average Bonchev–Trinajstić information content (AvgIpc) is 2.80. The summed E-state index contributed by atoms with van der Waals surface area (Å²) in [5.74, 6) is 0.788. The van der Waals surface area contributed by atoms with Gasteiger partial charge in [-0.05, 0) is 41.8 Å². The first-order chi connectivity index (χ1) is 7.89. The Bertz CT molecular complexity index is 468. The summed E-state index contributed by atoms with van der Waals surface area (Å²) in [5, 5.41) is 10.8. The molecule has 2 rings (SSSR count). The van der Waals surface area contributed by atoms with E-state index in [2.05, 4.69) is 13.8 Å². The molecule has 0 amide bonds. The van der Waals surface area contributed by atoms with E-state index in [4.69, 9.17) is 5.73 Å². The molecule has 0 aromatic heterocycles. The predicted molar refractivity (Wildman–Crippen MR) is 66.9 cm³/mol.